The van der Waals surface area contributed by atoms with Crippen LogP contribution in [0.3, 0.4) is 0 Å². The molecule has 0 N–H and O–H groups in total. The van der Waals surface area contributed by atoms with Gasteiger partial charge in [-0.2, -0.15) is 0 Å². The highest BCUT2D eigenvalue weighted by Crippen LogP contribution is 2.62. The van der Waals surface area contributed by atoms with Crippen molar-refractivity contribution in [1.82, 2.24) is 0 Å². The molecular weight excluding hydrogens is 192 g/mol. The smallest absolute Gasteiger partial charge is 0.00222 e. The van der Waals surface area contributed by atoms with Crippen LogP contribution in [0.4, 0.5) is 0 Å². The Hall–Kier alpha value is -0.520. The maximum atomic E-state index is 2.55. The van der Waals surface area contributed by atoms with Crippen LogP contribution in [0, 0.1) is 10.8 Å². The summed E-state index contributed by atoms with van der Waals surface area (Å²) in [6, 6.07) is 0. The number of hydrogen-bond donors (Lipinski definition) is 0. The van der Waals surface area contributed by atoms with Crippen molar-refractivity contribution in [3.63, 3.8) is 0 Å². The summed E-state index contributed by atoms with van der Waals surface area (Å²) >= 11 is 0. The average molecular weight is 216 g/mol. The van der Waals surface area contributed by atoms with Crippen LogP contribution < -0.4 is 0 Å². The maximum Gasteiger partial charge on any atom is -0.00222 e. The van der Waals surface area contributed by atoms with E-state index in [9.17, 15) is 0 Å². The van der Waals surface area contributed by atoms with E-state index in [0.29, 0.717) is 10.8 Å². The molecule has 0 aromatic heterocycles. The molecule has 0 heteroatoms. The maximum absolute atomic E-state index is 2.55. The Bertz CT molecular complexity index is 324. The van der Waals surface area contributed by atoms with Crippen LogP contribution in [0.2, 0.25) is 0 Å². The van der Waals surface area contributed by atoms with Crippen molar-refractivity contribution >= 4 is 0 Å². The summed E-state index contributed by atoms with van der Waals surface area (Å²) in [5, 5.41) is 0. The molecule has 3 aliphatic rings. The topological polar surface area (TPSA) is 0 Å². The molecular formula is C16H24. The van der Waals surface area contributed by atoms with Crippen LogP contribution in [-0.4, -0.2) is 0 Å². The van der Waals surface area contributed by atoms with Gasteiger partial charge in [-0.3, -0.25) is 0 Å². The highest BCUT2D eigenvalue weighted by molar-refractivity contribution is 5.38. The van der Waals surface area contributed by atoms with Gasteiger partial charge < -0.3 is 0 Å². The molecule has 16 heavy (non-hydrogen) atoms. The predicted octanol–water partition coefficient (Wildman–Crippen LogP) is 5.01. The summed E-state index contributed by atoms with van der Waals surface area (Å²) in [7, 11) is 0. The van der Waals surface area contributed by atoms with Crippen LogP contribution in [0.15, 0.2) is 23.3 Å². The Morgan fingerprint density at radius 3 is 1.62 bits per heavy atom. The van der Waals surface area contributed by atoms with Crippen LogP contribution in [0.1, 0.15) is 65.2 Å². The Kier molecular flexibility index (Phi) is 2.31. The van der Waals surface area contributed by atoms with Gasteiger partial charge in [-0.05, 0) is 49.4 Å². The lowest BCUT2D eigenvalue weighted by Gasteiger charge is -2.55. The lowest BCUT2D eigenvalue weighted by molar-refractivity contribution is 0.0827. The molecule has 0 bridgehead atoms. The van der Waals surface area contributed by atoms with Crippen molar-refractivity contribution in [3.8, 4) is 0 Å². The molecule has 88 valence electrons. The quantitative estimate of drug-likeness (QED) is 0.533. The number of allylic oxidation sites excluding steroid dienone is 4. The van der Waals surface area contributed by atoms with Crippen LogP contribution in [0.25, 0.3) is 0 Å². The summed E-state index contributed by atoms with van der Waals surface area (Å²) < 4.78 is 0. The summed E-state index contributed by atoms with van der Waals surface area (Å²) in [5.74, 6) is 0. The van der Waals surface area contributed by atoms with Gasteiger partial charge in [0.1, 0.15) is 0 Å². The largest absolute Gasteiger partial charge is 0.0634 e. The molecule has 2 fully saturated rings. The molecule has 0 nitrogen and oxygen atoms in total. The van der Waals surface area contributed by atoms with Crippen molar-refractivity contribution in [2.75, 3.05) is 0 Å². The number of fused-ring (bicyclic) bond motifs is 3. The van der Waals surface area contributed by atoms with Crippen molar-refractivity contribution < 1.29 is 0 Å². The minimum absolute atomic E-state index is 0.496. The fourth-order valence-corrected chi connectivity index (χ4v) is 4.46. The molecule has 0 unspecified atom stereocenters. The molecule has 0 saturated heterocycles. The van der Waals surface area contributed by atoms with E-state index in [2.05, 4.69) is 26.0 Å². The SMILES string of the molecule is C[C@]12CCCCC1=CC=C1CCCC[C@]12C. The fraction of sp³-hybridized carbons (Fsp3) is 0.750. The monoisotopic (exact) mass is 216 g/mol. The molecule has 0 amide bonds. The molecule has 0 aliphatic heterocycles. The lowest BCUT2D eigenvalue weighted by Crippen LogP contribution is -2.45. The zero-order valence-electron chi connectivity index (χ0n) is 10.8. The van der Waals surface area contributed by atoms with E-state index in [-0.39, 0.29) is 0 Å². The fourth-order valence-electron chi connectivity index (χ4n) is 4.46. The average Bonchev–Trinajstić information content (AvgIpc) is 2.29. The molecule has 0 aromatic carbocycles. The predicted molar refractivity (Wildman–Crippen MR) is 69.3 cm³/mol. The highest BCUT2D eigenvalue weighted by atomic mass is 14.5. The Balaban J connectivity index is 2.08. The first kappa shape index (κ1) is 10.6. The van der Waals surface area contributed by atoms with Gasteiger partial charge in [-0.25, -0.2) is 0 Å². The Morgan fingerprint density at radius 2 is 1.19 bits per heavy atom. The third-order valence-corrected chi connectivity index (χ3v) is 5.87. The van der Waals surface area contributed by atoms with Crippen molar-refractivity contribution in [1.29, 1.82) is 0 Å². The second-order valence-electron chi connectivity index (χ2n) is 6.46. The molecule has 0 spiro atoms. The summed E-state index contributed by atoms with van der Waals surface area (Å²) in [5.41, 5.74) is 4.50. The van der Waals surface area contributed by atoms with Crippen molar-refractivity contribution in [3.05, 3.63) is 23.3 Å². The number of rotatable bonds is 0. The molecule has 0 aromatic rings. The molecule has 0 heterocycles. The second-order valence-corrected chi connectivity index (χ2v) is 6.46. The van der Waals surface area contributed by atoms with Gasteiger partial charge in [0, 0.05) is 0 Å². The molecule has 0 radical (unpaired) electrons. The normalized spacial score (nSPS) is 42.9. The van der Waals surface area contributed by atoms with Crippen LogP contribution >= 0.6 is 0 Å². The van der Waals surface area contributed by atoms with E-state index in [4.69, 9.17) is 0 Å². The van der Waals surface area contributed by atoms with Gasteiger partial charge >= 0.3 is 0 Å². The van der Waals surface area contributed by atoms with Gasteiger partial charge in [-0.15, -0.1) is 0 Å². The van der Waals surface area contributed by atoms with E-state index >= 15 is 0 Å². The summed E-state index contributed by atoms with van der Waals surface area (Å²) in [6.45, 7) is 5.10. The second kappa shape index (κ2) is 3.48. The van der Waals surface area contributed by atoms with Crippen molar-refractivity contribution in [2.24, 2.45) is 10.8 Å². The number of hydrogen-bond acceptors (Lipinski definition) is 0. The molecule has 2 saturated carbocycles. The van der Waals surface area contributed by atoms with Crippen molar-refractivity contribution in [2.45, 2.75) is 65.2 Å². The van der Waals surface area contributed by atoms with E-state index in [0.717, 1.165) is 0 Å². The van der Waals surface area contributed by atoms with Crippen LogP contribution in [-0.2, 0) is 0 Å². The zero-order valence-corrected chi connectivity index (χ0v) is 10.8. The highest BCUT2D eigenvalue weighted by Gasteiger charge is 2.51. The van der Waals surface area contributed by atoms with E-state index in [1.165, 1.54) is 51.4 Å². The summed E-state index contributed by atoms with van der Waals surface area (Å²) in [6.07, 6.45) is 16.2. The molecule has 2 atom stereocenters. The van der Waals surface area contributed by atoms with Gasteiger partial charge in [0.2, 0.25) is 0 Å². The third-order valence-electron chi connectivity index (χ3n) is 5.87. The first-order chi connectivity index (χ1) is 7.67. The van der Waals surface area contributed by atoms with E-state index in [1.54, 1.807) is 11.1 Å². The standard InChI is InChI=1S/C16H24/c1-15-11-5-3-7-13(15)9-10-14-8-4-6-12-16(14,15)2/h9-10H,3-8,11-12H2,1-2H3/t15-,16+. The van der Waals surface area contributed by atoms with E-state index < -0.39 is 0 Å². The minimum Gasteiger partial charge on any atom is -0.0634 e. The van der Waals surface area contributed by atoms with Gasteiger partial charge in [0.05, 0.1) is 0 Å². The first-order valence-corrected chi connectivity index (χ1v) is 7.07. The minimum atomic E-state index is 0.496. The Labute approximate surface area is 99.8 Å². The van der Waals surface area contributed by atoms with Gasteiger partial charge in [0.15, 0.2) is 0 Å². The zero-order chi connectivity index (χ0) is 11.2. The first-order valence-electron chi connectivity index (χ1n) is 7.07. The molecule has 3 aliphatic carbocycles. The third kappa shape index (κ3) is 1.22. The van der Waals surface area contributed by atoms with Gasteiger partial charge in [0.25, 0.3) is 0 Å². The summed E-state index contributed by atoms with van der Waals surface area (Å²) in [4.78, 5) is 0. The van der Waals surface area contributed by atoms with Gasteiger partial charge in [-0.1, -0.05) is 50.0 Å². The Morgan fingerprint density at radius 1 is 0.750 bits per heavy atom. The van der Waals surface area contributed by atoms with Crippen LogP contribution in [0.5, 0.6) is 0 Å². The lowest BCUT2D eigenvalue weighted by atomic mass is 9.49. The van der Waals surface area contributed by atoms with E-state index in [1.807, 2.05) is 0 Å². The molecule has 3 rings (SSSR count).